The first-order chi connectivity index (χ1) is 3.27. The van der Waals surface area contributed by atoms with E-state index in [1.54, 1.807) is 0 Å². The first-order valence-electron chi connectivity index (χ1n) is 1.70. The Morgan fingerprint density at radius 2 is 2.43 bits per heavy atom. The fraction of sp³-hybridized carbons (Fsp3) is 0.667. The van der Waals surface area contributed by atoms with Crippen LogP contribution in [0.5, 0.6) is 0 Å². The Labute approximate surface area is 49.4 Å². The molecule has 0 fully saturated rings. The minimum Gasteiger partial charge on any atom is -0.455 e. The number of carbonyl (C=O) groups is 1. The van der Waals surface area contributed by atoms with Crippen molar-refractivity contribution in [2.45, 2.75) is 0 Å². The van der Waals surface area contributed by atoms with Gasteiger partial charge in [0.15, 0.2) is 0 Å². The molecule has 0 heterocycles. The van der Waals surface area contributed by atoms with Crippen LogP contribution in [0.2, 0.25) is 0 Å². The van der Waals surface area contributed by atoms with E-state index in [-0.39, 0.29) is 13.2 Å². The maximum atomic E-state index is 9.79. The summed E-state index contributed by atoms with van der Waals surface area (Å²) >= 11 is 2.50. The Morgan fingerprint density at radius 1 is 1.86 bits per heavy atom. The van der Waals surface area contributed by atoms with E-state index in [0.29, 0.717) is 0 Å². The first kappa shape index (κ1) is 6.91. The monoisotopic (exact) mass is 168 g/mol. The fourth-order valence-corrected chi connectivity index (χ4v) is 0.288. The van der Waals surface area contributed by atoms with Gasteiger partial charge in [-0.15, -0.1) is 0 Å². The van der Waals surface area contributed by atoms with E-state index < -0.39 is 4.88 Å². The summed E-state index contributed by atoms with van der Waals surface area (Å²) < 4.78 is 4.22. The van der Waals surface area contributed by atoms with Gasteiger partial charge in [-0.25, -0.2) is 4.79 Å². The fourth-order valence-electron chi connectivity index (χ4n) is 0.126. The molecule has 0 aromatic rings. The van der Waals surface area contributed by atoms with Crippen LogP contribution in [-0.2, 0) is 4.74 Å². The molecule has 0 aliphatic rings. The van der Waals surface area contributed by atoms with Gasteiger partial charge in [0.1, 0.15) is 6.61 Å². The molecule has 1 N–H and O–H groups in total. The van der Waals surface area contributed by atoms with Crippen LogP contribution in [0, 0.1) is 0 Å². The Kier molecular flexibility index (Phi) is 4.03. The number of hydrogen-bond acceptors (Lipinski definition) is 3. The van der Waals surface area contributed by atoms with E-state index in [4.69, 9.17) is 5.11 Å². The SMILES string of the molecule is O=C(Br)OCCO. The zero-order valence-corrected chi connectivity index (χ0v) is 5.14. The van der Waals surface area contributed by atoms with Gasteiger partial charge >= 0.3 is 4.88 Å². The lowest BCUT2D eigenvalue weighted by atomic mass is 10.8. The van der Waals surface area contributed by atoms with Crippen LogP contribution < -0.4 is 0 Å². The highest BCUT2D eigenvalue weighted by Gasteiger charge is 1.89. The highest BCUT2D eigenvalue weighted by atomic mass is 79.9. The third-order valence-corrected chi connectivity index (χ3v) is 0.536. The lowest BCUT2D eigenvalue weighted by Crippen LogP contribution is -1.99. The number of carbonyl (C=O) groups excluding carboxylic acids is 1. The van der Waals surface area contributed by atoms with Crippen molar-refractivity contribution in [3.63, 3.8) is 0 Å². The number of halogens is 1. The summed E-state index contributed by atoms with van der Waals surface area (Å²) in [4.78, 5) is 9.25. The summed E-state index contributed by atoms with van der Waals surface area (Å²) in [5.41, 5.74) is 0. The van der Waals surface area contributed by atoms with Gasteiger partial charge in [-0.05, 0) is 0 Å². The van der Waals surface area contributed by atoms with Crippen LogP contribution >= 0.6 is 15.9 Å². The molecule has 0 aliphatic heterocycles. The zero-order valence-electron chi connectivity index (χ0n) is 3.56. The van der Waals surface area contributed by atoms with E-state index in [9.17, 15) is 4.79 Å². The Hall–Kier alpha value is -0.0900. The van der Waals surface area contributed by atoms with E-state index in [1.165, 1.54) is 0 Å². The lowest BCUT2D eigenvalue weighted by Gasteiger charge is -1.91. The Morgan fingerprint density at radius 3 is 2.57 bits per heavy atom. The van der Waals surface area contributed by atoms with Gasteiger partial charge in [-0.3, -0.25) is 0 Å². The van der Waals surface area contributed by atoms with Crippen LogP contribution in [0.15, 0.2) is 0 Å². The standard InChI is InChI=1S/C3H5BrO3/c4-3(6)7-2-1-5/h5H,1-2H2. The molecule has 0 atom stereocenters. The molecule has 0 unspecified atom stereocenters. The quantitative estimate of drug-likeness (QED) is 0.612. The molecule has 0 rings (SSSR count). The minimum atomic E-state index is -0.540. The van der Waals surface area contributed by atoms with Crippen molar-refractivity contribution in [1.82, 2.24) is 0 Å². The molecular weight excluding hydrogens is 164 g/mol. The molecule has 7 heavy (non-hydrogen) atoms. The predicted octanol–water partition coefficient (Wildman–Crippen LogP) is 0.510. The molecule has 0 spiro atoms. The van der Waals surface area contributed by atoms with Gasteiger partial charge in [0.05, 0.1) is 6.61 Å². The normalized spacial score (nSPS) is 8.29. The largest absolute Gasteiger partial charge is 0.455 e. The van der Waals surface area contributed by atoms with Gasteiger partial charge in [-0.2, -0.15) is 0 Å². The number of aliphatic hydroxyl groups is 1. The van der Waals surface area contributed by atoms with Crippen LogP contribution in [0.3, 0.4) is 0 Å². The number of hydrogen-bond donors (Lipinski definition) is 1. The van der Waals surface area contributed by atoms with E-state index in [0.717, 1.165) is 0 Å². The van der Waals surface area contributed by atoms with Crippen molar-refractivity contribution in [2.75, 3.05) is 13.2 Å². The van der Waals surface area contributed by atoms with E-state index >= 15 is 0 Å². The summed E-state index contributed by atoms with van der Waals surface area (Å²) in [6.07, 6.45) is 0. The zero-order chi connectivity index (χ0) is 5.70. The predicted molar refractivity (Wildman–Crippen MR) is 27.4 cm³/mol. The first-order valence-corrected chi connectivity index (χ1v) is 2.50. The third kappa shape index (κ3) is 5.91. The summed E-state index contributed by atoms with van der Waals surface area (Å²) in [5.74, 6) is 0. The second-order valence-corrected chi connectivity index (χ2v) is 1.46. The Bertz CT molecular complexity index is 63.2. The van der Waals surface area contributed by atoms with E-state index in [2.05, 4.69) is 20.7 Å². The molecule has 0 aliphatic carbocycles. The van der Waals surface area contributed by atoms with Gasteiger partial charge < -0.3 is 9.84 Å². The highest BCUT2D eigenvalue weighted by molar-refractivity contribution is 9.18. The van der Waals surface area contributed by atoms with Gasteiger partial charge in [-0.1, -0.05) is 0 Å². The molecule has 0 saturated heterocycles. The number of ether oxygens (including phenoxy) is 1. The molecule has 42 valence electrons. The van der Waals surface area contributed by atoms with Crippen LogP contribution in [-0.4, -0.2) is 23.2 Å². The highest BCUT2D eigenvalue weighted by Crippen LogP contribution is 1.87. The topological polar surface area (TPSA) is 46.5 Å². The molecule has 0 bridgehead atoms. The minimum absolute atomic E-state index is 0.0596. The smallest absolute Gasteiger partial charge is 0.374 e. The average molecular weight is 169 g/mol. The number of rotatable bonds is 2. The van der Waals surface area contributed by atoms with Crippen LogP contribution in [0.25, 0.3) is 0 Å². The summed E-state index contributed by atoms with van der Waals surface area (Å²) in [5, 5.41) is 8.02. The summed E-state index contributed by atoms with van der Waals surface area (Å²) in [7, 11) is 0. The van der Waals surface area contributed by atoms with Crippen molar-refractivity contribution in [3.05, 3.63) is 0 Å². The van der Waals surface area contributed by atoms with Crippen molar-refractivity contribution in [3.8, 4) is 0 Å². The molecule has 3 nitrogen and oxygen atoms in total. The number of aliphatic hydroxyl groups excluding tert-OH is 1. The van der Waals surface area contributed by atoms with Crippen molar-refractivity contribution < 1.29 is 14.6 Å². The molecule has 0 amide bonds. The third-order valence-electron chi connectivity index (χ3n) is 0.307. The van der Waals surface area contributed by atoms with Gasteiger partial charge in [0, 0.05) is 15.9 Å². The van der Waals surface area contributed by atoms with Crippen LogP contribution in [0.4, 0.5) is 4.79 Å². The second-order valence-electron chi connectivity index (χ2n) is 0.810. The van der Waals surface area contributed by atoms with E-state index in [1.807, 2.05) is 0 Å². The second kappa shape index (κ2) is 4.08. The van der Waals surface area contributed by atoms with Crippen molar-refractivity contribution in [1.29, 1.82) is 0 Å². The molecular formula is C3H5BrO3. The average Bonchev–Trinajstić information content (AvgIpc) is 1.61. The molecule has 0 aromatic heterocycles. The maximum absolute atomic E-state index is 9.79. The molecule has 4 heteroatoms. The summed E-state index contributed by atoms with van der Waals surface area (Å²) in [6.45, 7) is -0.0680. The van der Waals surface area contributed by atoms with Gasteiger partial charge in [0.25, 0.3) is 0 Å². The van der Waals surface area contributed by atoms with Crippen molar-refractivity contribution >= 4 is 20.8 Å². The maximum Gasteiger partial charge on any atom is 0.374 e. The lowest BCUT2D eigenvalue weighted by molar-refractivity contribution is 0.143. The van der Waals surface area contributed by atoms with Gasteiger partial charge in [0.2, 0.25) is 0 Å². The molecule has 0 aromatic carbocycles. The molecule has 0 saturated carbocycles. The van der Waals surface area contributed by atoms with Crippen molar-refractivity contribution in [2.24, 2.45) is 0 Å². The Balaban J connectivity index is 2.82. The summed E-state index contributed by atoms with van der Waals surface area (Å²) in [6, 6.07) is 0. The van der Waals surface area contributed by atoms with Crippen LogP contribution in [0.1, 0.15) is 0 Å². The molecule has 0 radical (unpaired) electrons.